The van der Waals surface area contributed by atoms with Crippen LogP contribution in [0.2, 0.25) is 0 Å². The number of rotatable bonds is 2. The second-order valence-electron chi connectivity index (χ2n) is 5.36. The molecule has 0 atom stereocenters. The standard InChI is InChI=1S/C14H17N5O3/c20-14(18-3-1-15-2-4-18)9-19-11-8-13-12(21-5-6-22-13)7-10(11)16-17-19/h7-8,15H,1-6,9H2. The predicted octanol–water partition coefficient (Wildman–Crippen LogP) is -0.366. The number of hydrogen-bond donors (Lipinski definition) is 1. The Hall–Kier alpha value is -2.35. The molecule has 1 N–H and O–H groups in total. The van der Waals surface area contributed by atoms with Crippen molar-refractivity contribution in [1.82, 2.24) is 25.2 Å². The van der Waals surface area contributed by atoms with E-state index in [9.17, 15) is 4.79 Å². The van der Waals surface area contributed by atoms with Gasteiger partial charge in [-0.3, -0.25) is 4.79 Å². The summed E-state index contributed by atoms with van der Waals surface area (Å²) in [5.74, 6) is 1.42. The summed E-state index contributed by atoms with van der Waals surface area (Å²) in [6, 6.07) is 3.65. The van der Waals surface area contributed by atoms with E-state index in [1.54, 1.807) is 4.68 Å². The van der Waals surface area contributed by atoms with Crippen molar-refractivity contribution in [3.63, 3.8) is 0 Å². The first kappa shape index (κ1) is 13.3. The number of fused-ring (bicyclic) bond motifs is 2. The van der Waals surface area contributed by atoms with Crippen LogP contribution in [0.15, 0.2) is 12.1 Å². The van der Waals surface area contributed by atoms with Gasteiger partial charge in [0.1, 0.15) is 25.3 Å². The van der Waals surface area contributed by atoms with Crippen LogP contribution >= 0.6 is 0 Å². The Balaban J connectivity index is 1.60. The first-order valence-corrected chi connectivity index (χ1v) is 7.42. The first-order valence-electron chi connectivity index (χ1n) is 7.42. The molecule has 1 saturated heterocycles. The SMILES string of the molecule is O=C(Cn1nnc2cc3c(cc21)OCCO3)N1CCNCC1. The molecule has 8 heteroatoms. The molecule has 0 spiro atoms. The summed E-state index contributed by atoms with van der Waals surface area (Å²) in [5, 5.41) is 11.4. The van der Waals surface area contributed by atoms with Crippen molar-refractivity contribution in [2.75, 3.05) is 39.4 Å². The summed E-state index contributed by atoms with van der Waals surface area (Å²) in [7, 11) is 0. The van der Waals surface area contributed by atoms with Crippen LogP contribution in [0, 0.1) is 0 Å². The zero-order valence-corrected chi connectivity index (χ0v) is 12.1. The van der Waals surface area contributed by atoms with Crippen LogP contribution in [0.3, 0.4) is 0 Å². The van der Waals surface area contributed by atoms with Crippen LogP contribution in [0.4, 0.5) is 0 Å². The molecule has 0 aliphatic carbocycles. The molecule has 1 amide bonds. The summed E-state index contributed by atoms with van der Waals surface area (Å²) in [6.45, 7) is 4.39. The van der Waals surface area contributed by atoms with Gasteiger partial charge in [0.05, 0.1) is 5.52 Å². The van der Waals surface area contributed by atoms with Gasteiger partial charge in [0, 0.05) is 38.3 Å². The summed E-state index contributed by atoms with van der Waals surface area (Å²) in [5.41, 5.74) is 1.49. The van der Waals surface area contributed by atoms with E-state index in [-0.39, 0.29) is 12.5 Å². The van der Waals surface area contributed by atoms with Gasteiger partial charge in [-0.05, 0) is 0 Å². The van der Waals surface area contributed by atoms with Crippen LogP contribution in [-0.2, 0) is 11.3 Å². The molecular formula is C14H17N5O3. The average molecular weight is 303 g/mol. The molecule has 1 aromatic carbocycles. The Bertz CT molecular complexity index is 708. The lowest BCUT2D eigenvalue weighted by Gasteiger charge is -2.27. The van der Waals surface area contributed by atoms with Crippen LogP contribution in [0.25, 0.3) is 11.0 Å². The molecule has 4 rings (SSSR count). The third kappa shape index (κ3) is 2.35. The van der Waals surface area contributed by atoms with E-state index >= 15 is 0 Å². The quantitative estimate of drug-likeness (QED) is 0.815. The van der Waals surface area contributed by atoms with Crippen molar-refractivity contribution >= 4 is 16.9 Å². The monoisotopic (exact) mass is 303 g/mol. The Labute approximate surface area is 127 Å². The molecule has 8 nitrogen and oxygen atoms in total. The minimum Gasteiger partial charge on any atom is -0.486 e. The maximum Gasteiger partial charge on any atom is 0.244 e. The number of benzene rings is 1. The average Bonchev–Trinajstić information content (AvgIpc) is 2.95. The molecule has 2 aromatic rings. The van der Waals surface area contributed by atoms with Gasteiger partial charge in [0.15, 0.2) is 11.5 Å². The fourth-order valence-electron chi connectivity index (χ4n) is 2.76. The number of nitrogens with one attached hydrogen (secondary N) is 1. The van der Waals surface area contributed by atoms with Gasteiger partial charge in [0.25, 0.3) is 0 Å². The van der Waals surface area contributed by atoms with Gasteiger partial charge in [-0.15, -0.1) is 5.10 Å². The molecule has 2 aliphatic rings. The van der Waals surface area contributed by atoms with Gasteiger partial charge in [-0.2, -0.15) is 0 Å². The number of carbonyl (C=O) groups excluding carboxylic acids is 1. The van der Waals surface area contributed by atoms with Gasteiger partial charge in [-0.25, -0.2) is 4.68 Å². The fourth-order valence-corrected chi connectivity index (χ4v) is 2.76. The molecule has 22 heavy (non-hydrogen) atoms. The lowest BCUT2D eigenvalue weighted by molar-refractivity contribution is -0.132. The van der Waals surface area contributed by atoms with Crippen molar-refractivity contribution < 1.29 is 14.3 Å². The number of hydrogen-bond acceptors (Lipinski definition) is 6. The van der Waals surface area contributed by atoms with Crippen LogP contribution < -0.4 is 14.8 Å². The summed E-state index contributed by atoms with van der Waals surface area (Å²) in [4.78, 5) is 14.2. The highest BCUT2D eigenvalue weighted by atomic mass is 16.6. The third-order valence-corrected chi connectivity index (χ3v) is 3.93. The Morgan fingerprint density at radius 2 is 1.91 bits per heavy atom. The highest BCUT2D eigenvalue weighted by molar-refractivity contribution is 5.82. The number of carbonyl (C=O) groups is 1. The minimum absolute atomic E-state index is 0.0585. The molecule has 0 bridgehead atoms. The summed E-state index contributed by atoms with van der Waals surface area (Å²) >= 11 is 0. The molecule has 0 unspecified atom stereocenters. The minimum atomic E-state index is 0.0585. The zero-order chi connectivity index (χ0) is 14.9. The molecule has 3 heterocycles. The molecule has 116 valence electrons. The van der Waals surface area contributed by atoms with Gasteiger partial charge < -0.3 is 19.7 Å². The highest BCUT2D eigenvalue weighted by Crippen LogP contribution is 2.33. The van der Waals surface area contributed by atoms with E-state index in [1.165, 1.54) is 0 Å². The van der Waals surface area contributed by atoms with Crippen molar-refractivity contribution in [3.8, 4) is 11.5 Å². The Morgan fingerprint density at radius 3 is 2.68 bits per heavy atom. The van der Waals surface area contributed by atoms with Gasteiger partial charge >= 0.3 is 0 Å². The molecule has 2 aliphatic heterocycles. The first-order chi connectivity index (χ1) is 10.8. The third-order valence-electron chi connectivity index (χ3n) is 3.93. The van der Waals surface area contributed by atoms with E-state index < -0.39 is 0 Å². The van der Waals surface area contributed by atoms with Crippen molar-refractivity contribution in [1.29, 1.82) is 0 Å². The van der Waals surface area contributed by atoms with E-state index in [0.717, 1.165) is 31.7 Å². The second kappa shape index (κ2) is 5.45. The number of piperazine rings is 1. The largest absolute Gasteiger partial charge is 0.486 e. The number of amides is 1. The molecule has 1 fully saturated rings. The maximum absolute atomic E-state index is 12.4. The Morgan fingerprint density at radius 1 is 1.18 bits per heavy atom. The maximum atomic E-state index is 12.4. The number of ether oxygens (including phenoxy) is 2. The van der Waals surface area contributed by atoms with E-state index in [1.807, 2.05) is 17.0 Å². The van der Waals surface area contributed by atoms with E-state index in [2.05, 4.69) is 15.6 Å². The highest BCUT2D eigenvalue weighted by Gasteiger charge is 2.20. The summed E-state index contributed by atoms with van der Waals surface area (Å²) < 4.78 is 12.7. The van der Waals surface area contributed by atoms with Crippen molar-refractivity contribution in [3.05, 3.63) is 12.1 Å². The fraction of sp³-hybridized carbons (Fsp3) is 0.500. The normalized spacial score (nSPS) is 17.7. The molecule has 1 aromatic heterocycles. The molecule has 0 saturated carbocycles. The predicted molar refractivity (Wildman–Crippen MR) is 78.0 cm³/mol. The summed E-state index contributed by atoms with van der Waals surface area (Å²) in [6.07, 6.45) is 0. The topological polar surface area (TPSA) is 81.5 Å². The smallest absolute Gasteiger partial charge is 0.244 e. The van der Waals surface area contributed by atoms with E-state index in [0.29, 0.717) is 30.2 Å². The number of nitrogens with zero attached hydrogens (tertiary/aromatic N) is 4. The lowest BCUT2D eigenvalue weighted by Crippen LogP contribution is -2.47. The number of aromatic nitrogens is 3. The van der Waals surface area contributed by atoms with Crippen molar-refractivity contribution in [2.24, 2.45) is 0 Å². The van der Waals surface area contributed by atoms with Crippen LogP contribution in [0.1, 0.15) is 0 Å². The molecular weight excluding hydrogens is 286 g/mol. The molecule has 0 radical (unpaired) electrons. The van der Waals surface area contributed by atoms with Gasteiger partial charge in [-0.1, -0.05) is 5.21 Å². The second-order valence-corrected chi connectivity index (χ2v) is 5.36. The zero-order valence-electron chi connectivity index (χ0n) is 12.1. The van der Waals surface area contributed by atoms with Crippen LogP contribution in [-0.4, -0.2) is 65.2 Å². The van der Waals surface area contributed by atoms with Crippen LogP contribution in [0.5, 0.6) is 11.5 Å². The van der Waals surface area contributed by atoms with Crippen molar-refractivity contribution in [2.45, 2.75) is 6.54 Å². The Kier molecular flexibility index (Phi) is 3.30. The lowest BCUT2D eigenvalue weighted by atomic mass is 10.2. The van der Waals surface area contributed by atoms with E-state index in [4.69, 9.17) is 9.47 Å². The van der Waals surface area contributed by atoms with Gasteiger partial charge in [0.2, 0.25) is 5.91 Å².